The van der Waals surface area contributed by atoms with Gasteiger partial charge in [0.25, 0.3) is 5.91 Å². The zero-order valence-electron chi connectivity index (χ0n) is 20.3. The van der Waals surface area contributed by atoms with Crippen molar-refractivity contribution in [1.82, 2.24) is 20.5 Å². The minimum absolute atomic E-state index is 0.0392. The van der Waals surface area contributed by atoms with E-state index >= 15 is 0 Å². The molecule has 2 fully saturated rings. The summed E-state index contributed by atoms with van der Waals surface area (Å²) in [6, 6.07) is 10.3. The number of likely N-dealkylation sites (tertiary alicyclic amines) is 1. The van der Waals surface area contributed by atoms with E-state index in [1.54, 1.807) is 40.1 Å². The summed E-state index contributed by atoms with van der Waals surface area (Å²) >= 11 is 9.20. The standard InChI is InChI=1S/C27H22ClF3N4O2S2/c28-22-19-5-4-16(15-2-1-3-17(8-15)27(29,30)31)9-21(19)39-23(22)25(37)35-10-18(11-35)34-26(6-7-32-13-26)24(36)20-12-38-14-33-20/h1-5,8-9,12,14,18,32,34H,6-7,10-11,13H2/t26-/m0/s1. The molecule has 2 aromatic heterocycles. The smallest absolute Gasteiger partial charge is 0.335 e. The molecule has 2 aromatic carbocycles. The third-order valence-corrected chi connectivity index (χ3v) is 9.48. The van der Waals surface area contributed by atoms with E-state index < -0.39 is 17.3 Å². The third-order valence-electron chi connectivity index (χ3n) is 7.25. The Balaban J connectivity index is 1.17. The Morgan fingerprint density at radius 2 is 1.95 bits per heavy atom. The van der Waals surface area contributed by atoms with Gasteiger partial charge >= 0.3 is 6.18 Å². The van der Waals surface area contributed by atoms with Crippen LogP contribution in [0.5, 0.6) is 0 Å². The van der Waals surface area contributed by atoms with Gasteiger partial charge in [0, 0.05) is 41.1 Å². The SMILES string of the molecule is O=C(c1sc2cc(-c3cccc(C(F)(F)F)c3)ccc2c1Cl)N1CC(N[C@@]2(C(=O)c3cscn3)CCNC2)C1. The number of nitrogens with zero attached hydrogens (tertiary/aromatic N) is 2. The van der Waals surface area contributed by atoms with E-state index in [4.69, 9.17) is 11.6 Å². The van der Waals surface area contributed by atoms with Crippen LogP contribution in [0.2, 0.25) is 5.02 Å². The first-order chi connectivity index (χ1) is 18.6. The number of thiazole rings is 1. The van der Waals surface area contributed by atoms with E-state index in [2.05, 4.69) is 15.6 Å². The molecule has 2 N–H and O–H groups in total. The Bertz CT molecular complexity index is 1560. The van der Waals surface area contributed by atoms with Crippen LogP contribution in [0, 0.1) is 0 Å². The Morgan fingerprint density at radius 1 is 1.15 bits per heavy atom. The number of carbonyl (C=O) groups is 2. The van der Waals surface area contributed by atoms with Crippen LogP contribution < -0.4 is 10.6 Å². The fourth-order valence-corrected chi connectivity index (χ4v) is 7.22. The van der Waals surface area contributed by atoms with Crippen molar-refractivity contribution in [3.8, 4) is 11.1 Å². The lowest BCUT2D eigenvalue weighted by Crippen LogP contribution is -2.67. The van der Waals surface area contributed by atoms with Crippen LogP contribution in [-0.4, -0.2) is 59.3 Å². The number of hydrogen-bond acceptors (Lipinski definition) is 7. The van der Waals surface area contributed by atoms with Crippen molar-refractivity contribution in [2.24, 2.45) is 0 Å². The molecule has 6 rings (SSSR count). The first-order valence-electron chi connectivity index (χ1n) is 12.2. The number of benzene rings is 2. The van der Waals surface area contributed by atoms with Gasteiger partial charge in [0.15, 0.2) is 0 Å². The van der Waals surface area contributed by atoms with Gasteiger partial charge in [0.05, 0.1) is 21.6 Å². The maximum absolute atomic E-state index is 13.3. The molecule has 0 saturated carbocycles. The molecule has 0 bridgehead atoms. The van der Waals surface area contributed by atoms with Crippen molar-refractivity contribution in [3.05, 3.63) is 74.5 Å². The average molecular weight is 591 g/mol. The summed E-state index contributed by atoms with van der Waals surface area (Å²) in [4.78, 5) is 32.8. The first-order valence-corrected chi connectivity index (χ1v) is 14.4. The van der Waals surface area contributed by atoms with Crippen LogP contribution in [0.4, 0.5) is 13.2 Å². The van der Waals surface area contributed by atoms with Crippen LogP contribution in [0.1, 0.15) is 32.1 Å². The van der Waals surface area contributed by atoms with Crippen molar-refractivity contribution in [2.75, 3.05) is 26.2 Å². The number of aromatic nitrogens is 1. The first kappa shape index (κ1) is 26.4. The minimum Gasteiger partial charge on any atom is -0.335 e. The molecule has 39 heavy (non-hydrogen) atoms. The van der Waals surface area contributed by atoms with Gasteiger partial charge < -0.3 is 10.2 Å². The quantitative estimate of drug-likeness (QED) is 0.281. The summed E-state index contributed by atoms with van der Waals surface area (Å²) in [6.45, 7) is 2.10. The molecule has 2 saturated heterocycles. The molecule has 0 unspecified atom stereocenters. The Morgan fingerprint density at radius 3 is 2.64 bits per heavy atom. The molecule has 4 heterocycles. The lowest BCUT2D eigenvalue weighted by Gasteiger charge is -2.44. The molecular weight excluding hydrogens is 569 g/mol. The number of ketones is 1. The minimum atomic E-state index is -4.43. The highest BCUT2D eigenvalue weighted by molar-refractivity contribution is 7.21. The number of hydrogen-bond donors (Lipinski definition) is 2. The van der Waals surface area contributed by atoms with Gasteiger partial charge in [-0.3, -0.25) is 14.9 Å². The molecule has 0 radical (unpaired) electrons. The third kappa shape index (κ3) is 4.87. The fourth-order valence-electron chi connectivity index (χ4n) is 5.17. The number of Topliss-reactive ketones (excluding diaryl/α,β-unsaturated/α-hetero) is 1. The Kier molecular flexibility index (Phi) is 6.75. The second kappa shape index (κ2) is 9.97. The number of fused-ring (bicyclic) bond motifs is 1. The van der Waals surface area contributed by atoms with Crippen molar-refractivity contribution in [3.63, 3.8) is 0 Å². The second-order valence-corrected chi connectivity index (χ2v) is 11.9. The predicted octanol–water partition coefficient (Wildman–Crippen LogP) is 5.73. The van der Waals surface area contributed by atoms with Gasteiger partial charge in [-0.05, 0) is 42.3 Å². The Hall–Kier alpha value is -2.83. The number of halogens is 4. The van der Waals surface area contributed by atoms with Crippen LogP contribution in [0.15, 0.2) is 53.4 Å². The molecule has 6 nitrogen and oxygen atoms in total. The number of carbonyl (C=O) groups excluding carboxylic acids is 2. The number of alkyl halides is 3. The van der Waals surface area contributed by atoms with Crippen LogP contribution in [0.25, 0.3) is 21.2 Å². The highest BCUT2D eigenvalue weighted by Crippen LogP contribution is 2.40. The van der Waals surface area contributed by atoms with E-state index in [-0.39, 0.29) is 17.7 Å². The summed E-state index contributed by atoms with van der Waals surface area (Å²) in [7, 11) is 0. The molecule has 2 aliphatic heterocycles. The fraction of sp³-hybridized carbons (Fsp3) is 0.296. The predicted molar refractivity (Wildman–Crippen MR) is 147 cm³/mol. The maximum Gasteiger partial charge on any atom is 0.416 e. The molecule has 4 aromatic rings. The molecule has 0 aliphatic carbocycles. The number of thiophene rings is 1. The van der Waals surface area contributed by atoms with Gasteiger partial charge in [-0.15, -0.1) is 22.7 Å². The summed E-state index contributed by atoms with van der Waals surface area (Å²) in [6.07, 6.45) is -3.79. The van der Waals surface area contributed by atoms with E-state index in [1.807, 2.05) is 0 Å². The molecule has 202 valence electrons. The highest BCUT2D eigenvalue weighted by atomic mass is 35.5. The monoisotopic (exact) mass is 590 g/mol. The van der Waals surface area contributed by atoms with Gasteiger partial charge in [-0.25, -0.2) is 4.98 Å². The Labute approximate surface area is 234 Å². The number of nitrogens with one attached hydrogen (secondary N) is 2. The second-order valence-electron chi connectivity index (χ2n) is 9.80. The van der Waals surface area contributed by atoms with E-state index in [0.717, 1.165) is 23.4 Å². The normalized spacial score (nSPS) is 19.9. The molecule has 1 atom stereocenters. The maximum atomic E-state index is 13.3. The van der Waals surface area contributed by atoms with Crippen molar-refractivity contribution in [1.29, 1.82) is 0 Å². The lowest BCUT2D eigenvalue weighted by atomic mass is 9.89. The summed E-state index contributed by atoms with van der Waals surface area (Å²) in [5.41, 5.74) is 1.67. The van der Waals surface area contributed by atoms with Gasteiger partial charge in [0.2, 0.25) is 5.78 Å². The highest BCUT2D eigenvalue weighted by Gasteiger charge is 2.46. The summed E-state index contributed by atoms with van der Waals surface area (Å²) in [5, 5.41) is 9.51. The molecule has 1 amide bonds. The van der Waals surface area contributed by atoms with E-state index in [0.29, 0.717) is 58.2 Å². The van der Waals surface area contributed by atoms with E-state index in [1.165, 1.54) is 28.7 Å². The average Bonchev–Trinajstić information content (AvgIpc) is 3.66. The molecular formula is C27H22ClF3N4O2S2. The van der Waals surface area contributed by atoms with Crippen molar-refractivity contribution >= 4 is 56.1 Å². The molecule has 0 spiro atoms. The number of rotatable bonds is 6. The van der Waals surface area contributed by atoms with Crippen LogP contribution >= 0.6 is 34.3 Å². The van der Waals surface area contributed by atoms with E-state index in [9.17, 15) is 22.8 Å². The number of amides is 1. The van der Waals surface area contributed by atoms with Crippen molar-refractivity contribution < 1.29 is 22.8 Å². The summed E-state index contributed by atoms with van der Waals surface area (Å²) in [5.74, 6) is -0.244. The zero-order valence-corrected chi connectivity index (χ0v) is 22.7. The lowest BCUT2D eigenvalue weighted by molar-refractivity contribution is -0.137. The van der Waals surface area contributed by atoms with Gasteiger partial charge in [-0.1, -0.05) is 35.9 Å². The van der Waals surface area contributed by atoms with Crippen LogP contribution in [0.3, 0.4) is 0 Å². The summed E-state index contributed by atoms with van der Waals surface area (Å²) < 4.78 is 40.3. The van der Waals surface area contributed by atoms with Gasteiger partial charge in [-0.2, -0.15) is 13.2 Å². The van der Waals surface area contributed by atoms with Crippen LogP contribution in [-0.2, 0) is 6.18 Å². The topological polar surface area (TPSA) is 74.3 Å². The largest absolute Gasteiger partial charge is 0.416 e. The zero-order chi connectivity index (χ0) is 27.4. The molecule has 2 aliphatic rings. The molecule has 12 heteroatoms. The van der Waals surface area contributed by atoms with Crippen molar-refractivity contribution in [2.45, 2.75) is 24.2 Å². The van der Waals surface area contributed by atoms with Gasteiger partial charge in [0.1, 0.15) is 10.6 Å².